The molecule has 0 radical (unpaired) electrons. The third kappa shape index (κ3) is 1.43. The number of hydrogen-bond donors (Lipinski definition) is 2. The van der Waals surface area contributed by atoms with E-state index in [2.05, 4.69) is 0 Å². The summed E-state index contributed by atoms with van der Waals surface area (Å²) in [6.07, 6.45) is 5.82. The van der Waals surface area contributed by atoms with Crippen LogP contribution in [0.1, 0.15) is 57.7 Å². The Kier molecular flexibility index (Phi) is 2.48. The highest BCUT2D eigenvalue weighted by molar-refractivity contribution is 7.18. The molecule has 0 unspecified atom stereocenters. The Morgan fingerprint density at radius 2 is 1.89 bits per heavy atom. The Morgan fingerprint density at radius 3 is 2.50 bits per heavy atom. The minimum atomic E-state index is -0.514. The van der Waals surface area contributed by atoms with Crippen LogP contribution in [0.5, 0.6) is 0 Å². The van der Waals surface area contributed by atoms with Crippen LogP contribution in [0.4, 0.5) is 5.00 Å². The summed E-state index contributed by atoms with van der Waals surface area (Å²) >= 11 is 1.24. The van der Waals surface area contributed by atoms with Crippen molar-refractivity contribution in [3.8, 4) is 0 Å². The van der Waals surface area contributed by atoms with Crippen molar-refractivity contribution in [2.24, 2.45) is 11.1 Å². The average Bonchev–Trinajstić information content (AvgIpc) is 2.89. The minimum Gasteiger partial charge on any atom is -0.390 e. The number of carbonyl (C=O) groups excluding carboxylic acids is 2. The number of nitrogens with two attached hydrogens (primary N) is 2. The normalized spacial score (nSPS) is 21.2. The first kappa shape index (κ1) is 11.7. The molecule has 0 bridgehead atoms. The molecular formula is C13H16N2O2S. The summed E-state index contributed by atoms with van der Waals surface area (Å²) in [5.41, 5.74) is 12.2. The van der Waals surface area contributed by atoms with Crippen LogP contribution in [-0.2, 0) is 6.42 Å². The van der Waals surface area contributed by atoms with Gasteiger partial charge in [-0.05, 0) is 31.2 Å². The fraction of sp³-hybridized carbons (Fsp3) is 0.538. The molecule has 5 heteroatoms. The molecule has 4 N–H and O–H groups in total. The number of thiophene rings is 1. The van der Waals surface area contributed by atoms with Gasteiger partial charge in [-0.3, -0.25) is 9.59 Å². The summed E-state index contributed by atoms with van der Waals surface area (Å²) in [5, 5.41) is 0.399. The van der Waals surface area contributed by atoms with Gasteiger partial charge in [0.25, 0.3) is 5.91 Å². The van der Waals surface area contributed by atoms with Gasteiger partial charge in [-0.25, -0.2) is 0 Å². The van der Waals surface area contributed by atoms with Crippen LogP contribution in [0.2, 0.25) is 0 Å². The Hall–Kier alpha value is -1.36. The van der Waals surface area contributed by atoms with Crippen molar-refractivity contribution < 1.29 is 9.59 Å². The number of anilines is 1. The quantitative estimate of drug-likeness (QED) is 0.814. The Morgan fingerprint density at radius 1 is 1.22 bits per heavy atom. The molecule has 1 aromatic heterocycles. The lowest BCUT2D eigenvalue weighted by Crippen LogP contribution is -2.33. The lowest BCUT2D eigenvalue weighted by atomic mass is 9.71. The van der Waals surface area contributed by atoms with Crippen molar-refractivity contribution in [2.75, 3.05) is 5.73 Å². The summed E-state index contributed by atoms with van der Waals surface area (Å²) in [6, 6.07) is 0. The summed E-state index contributed by atoms with van der Waals surface area (Å²) < 4.78 is 0. The first-order valence-corrected chi connectivity index (χ1v) is 7.12. The van der Waals surface area contributed by atoms with Gasteiger partial charge >= 0.3 is 0 Å². The van der Waals surface area contributed by atoms with Gasteiger partial charge < -0.3 is 11.5 Å². The fourth-order valence-corrected chi connectivity index (χ4v) is 4.61. The van der Waals surface area contributed by atoms with E-state index in [1.54, 1.807) is 0 Å². The third-order valence-electron chi connectivity index (χ3n) is 4.38. The zero-order valence-electron chi connectivity index (χ0n) is 10.1. The SMILES string of the molecule is NC(=O)c1c(N)sc2c1CCC1(CCCC1)C2=O. The number of carbonyl (C=O) groups is 2. The molecule has 0 saturated heterocycles. The molecule has 18 heavy (non-hydrogen) atoms. The van der Waals surface area contributed by atoms with Crippen LogP contribution in [0.25, 0.3) is 0 Å². The highest BCUT2D eigenvalue weighted by atomic mass is 32.1. The number of nitrogen functional groups attached to an aromatic ring is 1. The maximum absolute atomic E-state index is 12.6. The van der Waals surface area contributed by atoms with E-state index >= 15 is 0 Å². The van der Waals surface area contributed by atoms with Crippen LogP contribution in [0, 0.1) is 5.41 Å². The van der Waals surface area contributed by atoms with Crippen molar-refractivity contribution in [3.63, 3.8) is 0 Å². The van der Waals surface area contributed by atoms with E-state index in [1.807, 2.05) is 0 Å². The van der Waals surface area contributed by atoms with Gasteiger partial charge in [-0.1, -0.05) is 12.8 Å². The molecule has 0 aliphatic heterocycles. The van der Waals surface area contributed by atoms with Crippen molar-refractivity contribution in [2.45, 2.75) is 38.5 Å². The molecule has 3 rings (SSSR count). The van der Waals surface area contributed by atoms with Gasteiger partial charge in [0.15, 0.2) is 5.78 Å². The van der Waals surface area contributed by atoms with E-state index in [0.29, 0.717) is 15.4 Å². The van der Waals surface area contributed by atoms with E-state index in [-0.39, 0.29) is 11.2 Å². The van der Waals surface area contributed by atoms with Crippen LogP contribution >= 0.6 is 11.3 Å². The maximum atomic E-state index is 12.6. The topological polar surface area (TPSA) is 86.2 Å². The van der Waals surface area contributed by atoms with E-state index in [0.717, 1.165) is 44.1 Å². The lowest BCUT2D eigenvalue weighted by Gasteiger charge is -2.31. The second kappa shape index (κ2) is 3.82. The number of Topliss-reactive ketones (excluding diaryl/α,β-unsaturated/α-hetero) is 1. The van der Waals surface area contributed by atoms with Gasteiger partial charge in [0, 0.05) is 5.41 Å². The maximum Gasteiger partial charge on any atom is 0.251 e. The molecule has 4 nitrogen and oxygen atoms in total. The molecule has 0 atom stereocenters. The van der Waals surface area contributed by atoms with E-state index < -0.39 is 5.91 Å². The van der Waals surface area contributed by atoms with Gasteiger partial charge in [0.05, 0.1) is 15.4 Å². The zero-order valence-corrected chi connectivity index (χ0v) is 10.9. The zero-order chi connectivity index (χ0) is 12.9. The number of primary amides is 1. The van der Waals surface area contributed by atoms with Crippen molar-refractivity contribution in [1.29, 1.82) is 0 Å². The van der Waals surface area contributed by atoms with E-state index in [1.165, 1.54) is 11.3 Å². The second-order valence-corrected chi connectivity index (χ2v) is 6.38. The number of rotatable bonds is 1. The van der Waals surface area contributed by atoms with E-state index in [4.69, 9.17) is 11.5 Å². The molecule has 1 amide bonds. The van der Waals surface area contributed by atoms with Gasteiger partial charge in [-0.2, -0.15) is 0 Å². The van der Waals surface area contributed by atoms with Gasteiger partial charge in [0.1, 0.15) is 0 Å². The monoisotopic (exact) mass is 264 g/mol. The number of hydrogen-bond acceptors (Lipinski definition) is 4. The smallest absolute Gasteiger partial charge is 0.251 e. The first-order chi connectivity index (χ1) is 8.55. The number of ketones is 1. The van der Waals surface area contributed by atoms with Gasteiger partial charge in [0.2, 0.25) is 0 Å². The largest absolute Gasteiger partial charge is 0.390 e. The molecule has 1 fully saturated rings. The van der Waals surface area contributed by atoms with Crippen molar-refractivity contribution in [3.05, 3.63) is 16.0 Å². The van der Waals surface area contributed by atoms with Crippen molar-refractivity contribution in [1.82, 2.24) is 0 Å². The molecular weight excluding hydrogens is 248 g/mol. The van der Waals surface area contributed by atoms with Crippen LogP contribution in [0.15, 0.2) is 0 Å². The molecule has 1 heterocycles. The standard InChI is InChI=1S/C13H16N2O2S/c14-11(17)8-7-3-6-13(4-1-2-5-13)10(16)9(7)18-12(8)15/h1-6,15H2,(H2,14,17). The molecule has 0 aromatic carbocycles. The van der Waals surface area contributed by atoms with E-state index in [9.17, 15) is 9.59 Å². The Bertz CT molecular complexity index is 541. The number of amides is 1. The first-order valence-electron chi connectivity index (χ1n) is 6.31. The van der Waals surface area contributed by atoms with Crippen molar-refractivity contribution >= 4 is 28.0 Å². The molecule has 2 aliphatic carbocycles. The molecule has 1 saturated carbocycles. The lowest BCUT2D eigenvalue weighted by molar-refractivity contribution is 0.0771. The summed E-state index contributed by atoms with van der Waals surface area (Å²) in [6.45, 7) is 0. The average molecular weight is 264 g/mol. The predicted molar refractivity (Wildman–Crippen MR) is 70.8 cm³/mol. The number of fused-ring (bicyclic) bond motifs is 1. The highest BCUT2D eigenvalue weighted by Crippen LogP contribution is 2.50. The molecule has 2 aliphatic rings. The molecule has 96 valence electrons. The fourth-order valence-electron chi connectivity index (χ4n) is 3.42. The predicted octanol–water partition coefficient (Wildman–Crippen LogP) is 2.12. The summed E-state index contributed by atoms with van der Waals surface area (Å²) in [7, 11) is 0. The summed E-state index contributed by atoms with van der Waals surface area (Å²) in [5.74, 6) is -0.314. The second-order valence-electron chi connectivity index (χ2n) is 5.33. The summed E-state index contributed by atoms with van der Waals surface area (Å²) in [4.78, 5) is 24.7. The third-order valence-corrected chi connectivity index (χ3v) is 5.44. The van der Waals surface area contributed by atoms with Crippen LogP contribution < -0.4 is 11.5 Å². The molecule has 1 spiro atoms. The minimum absolute atomic E-state index is 0.167. The Labute approximate surface area is 109 Å². The van der Waals surface area contributed by atoms with Gasteiger partial charge in [-0.15, -0.1) is 11.3 Å². The van der Waals surface area contributed by atoms with Crippen LogP contribution in [-0.4, -0.2) is 11.7 Å². The van der Waals surface area contributed by atoms with Crippen LogP contribution in [0.3, 0.4) is 0 Å². The Balaban J connectivity index is 2.10. The highest BCUT2D eigenvalue weighted by Gasteiger charge is 2.46. The molecule has 1 aromatic rings.